The van der Waals surface area contributed by atoms with Gasteiger partial charge in [-0.1, -0.05) is 24.3 Å². The van der Waals surface area contributed by atoms with Crippen LogP contribution >= 0.6 is 0 Å². The Morgan fingerprint density at radius 3 is 2.50 bits per heavy atom. The molecule has 0 unspecified atom stereocenters. The highest BCUT2D eigenvalue weighted by Gasteiger charge is 2.01. The fourth-order valence-corrected chi connectivity index (χ4v) is 1.75. The number of nitrogens with one attached hydrogen (secondary N) is 1. The largest absolute Gasteiger partial charge is 0.381 e. The summed E-state index contributed by atoms with van der Waals surface area (Å²) in [7, 11) is 0. The maximum absolute atomic E-state index is 5.47. The Bertz CT molecular complexity index is 471. The minimum atomic E-state index is 0.671. The van der Waals surface area contributed by atoms with Gasteiger partial charge in [-0.25, -0.2) is 0 Å². The van der Waals surface area contributed by atoms with E-state index in [2.05, 4.69) is 28.5 Å². The lowest BCUT2D eigenvalue weighted by atomic mass is 10.1. The van der Waals surface area contributed by atoms with Gasteiger partial charge in [0.25, 0.3) is 0 Å². The third kappa shape index (κ3) is 3.57. The Balaban J connectivity index is 2.00. The van der Waals surface area contributed by atoms with Gasteiger partial charge in [-0.2, -0.15) is 0 Å². The molecule has 0 aliphatic carbocycles. The molecule has 0 aliphatic heterocycles. The van der Waals surface area contributed by atoms with Gasteiger partial charge in [0.2, 0.25) is 0 Å². The SMILES string of the molecule is CCOCc1ccccc1CNc1ccncc1. The highest BCUT2D eigenvalue weighted by atomic mass is 16.5. The van der Waals surface area contributed by atoms with Gasteiger partial charge in [0.05, 0.1) is 6.61 Å². The van der Waals surface area contributed by atoms with Crippen molar-refractivity contribution in [3.05, 3.63) is 59.9 Å². The number of nitrogens with zero attached hydrogens (tertiary/aromatic N) is 1. The first-order valence-electron chi connectivity index (χ1n) is 6.18. The highest BCUT2D eigenvalue weighted by molar-refractivity contribution is 5.42. The lowest BCUT2D eigenvalue weighted by molar-refractivity contribution is 0.133. The molecule has 0 fully saturated rings. The second-order valence-corrected chi connectivity index (χ2v) is 4.00. The van der Waals surface area contributed by atoms with Crippen LogP contribution < -0.4 is 5.32 Å². The average Bonchev–Trinajstić information content (AvgIpc) is 2.45. The van der Waals surface area contributed by atoms with Gasteiger partial charge in [-0.15, -0.1) is 0 Å². The predicted octanol–water partition coefficient (Wildman–Crippen LogP) is 3.23. The molecule has 94 valence electrons. The number of rotatable bonds is 6. The van der Waals surface area contributed by atoms with Crippen molar-refractivity contribution in [2.45, 2.75) is 20.1 Å². The number of anilines is 1. The Kier molecular flexibility index (Phi) is 4.73. The quantitative estimate of drug-likeness (QED) is 0.844. The topological polar surface area (TPSA) is 34.1 Å². The van der Waals surface area contributed by atoms with E-state index in [1.807, 2.05) is 25.1 Å². The van der Waals surface area contributed by atoms with Crippen molar-refractivity contribution in [3.8, 4) is 0 Å². The van der Waals surface area contributed by atoms with Gasteiger partial charge >= 0.3 is 0 Å². The predicted molar refractivity (Wildman–Crippen MR) is 73.3 cm³/mol. The van der Waals surface area contributed by atoms with E-state index < -0.39 is 0 Å². The Morgan fingerprint density at radius 1 is 1.06 bits per heavy atom. The van der Waals surface area contributed by atoms with E-state index in [1.54, 1.807) is 12.4 Å². The molecule has 3 nitrogen and oxygen atoms in total. The van der Waals surface area contributed by atoms with Crippen LogP contribution in [0.2, 0.25) is 0 Å². The van der Waals surface area contributed by atoms with Crippen LogP contribution in [-0.2, 0) is 17.9 Å². The molecule has 1 aromatic heterocycles. The van der Waals surface area contributed by atoms with Crippen LogP contribution in [0.3, 0.4) is 0 Å². The van der Waals surface area contributed by atoms with Crippen LogP contribution in [0.5, 0.6) is 0 Å². The average molecular weight is 242 g/mol. The number of ether oxygens (including phenoxy) is 1. The van der Waals surface area contributed by atoms with Crippen molar-refractivity contribution < 1.29 is 4.74 Å². The zero-order chi connectivity index (χ0) is 12.6. The number of hydrogen-bond donors (Lipinski definition) is 1. The minimum Gasteiger partial charge on any atom is -0.381 e. The summed E-state index contributed by atoms with van der Waals surface area (Å²) in [5, 5.41) is 3.38. The highest BCUT2D eigenvalue weighted by Crippen LogP contribution is 2.13. The van der Waals surface area contributed by atoms with Crippen molar-refractivity contribution in [1.82, 2.24) is 4.98 Å². The maximum Gasteiger partial charge on any atom is 0.0720 e. The molecule has 0 saturated heterocycles. The van der Waals surface area contributed by atoms with Crippen molar-refractivity contribution in [3.63, 3.8) is 0 Å². The van der Waals surface area contributed by atoms with Crippen LogP contribution in [0.25, 0.3) is 0 Å². The zero-order valence-corrected chi connectivity index (χ0v) is 10.6. The molecule has 0 saturated carbocycles. The van der Waals surface area contributed by atoms with E-state index in [0.717, 1.165) is 18.8 Å². The molecule has 2 aromatic rings. The first-order chi connectivity index (χ1) is 8.90. The van der Waals surface area contributed by atoms with Crippen LogP contribution in [-0.4, -0.2) is 11.6 Å². The molecule has 1 heterocycles. The summed E-state index contributed by atoms with van der Waals surface area (Å²) in [6.45, 7) is 4.22. The lowest BCUT2D eigenvalue weighted by Crippen LogP contribution is -2.04. The first kappa shape index (κ1) is 12.6. The van der Waals surface area contributed by atoms with E-state index in [4.69, 9.17) is 4.74 Å². The summed E-state index contributed by atoms with van der Waals surface area (Å²) < 4.78 is 5.47. The second kappa shape index (κ2) is 6.77. The normalized spacial score (nSPS) is 10.3. The third-order valence-electron chi connectivity index (χ3n) is 2.74. The van der Waals surface area contributed by atoms with E-state index in [1.165, 1.54) is 11.1 Å². The number of aromatic nitrogens is 1. The third-order valence-corrected chi connectivity index (χ3v) is 2.74. The summed E-state index contributed by atoms with van der Waals surface area (Å²) in [6.07, 6.45) is 3.57. The fourth-order valence-electron chi connectivity index (χ4n) is 1.75. The van der Waals surface area contributed by atoms with Crippen LogP contribution in [0, 0.1) is 0 Å². The van der Waals surface area contributed by atoms with E-state index in [9.17, 15) is 0 Å². The van der Waals surface area contributed by atoms with Crippen molar-refractivity contribution in [2.24, 2.45) is 0 Å². The Morgan fingerprint density at radius 2 is 1.78 bits per heavy atom. The van der Waals surface area contributed by atoms with Gasteiger partial charge in [0.15, 0.2) is 0 Å². The molecule has 0 amide bonds. The first-order valence-corrected chi connectivity index (χ1v) is 6.18. The molecule has 2 rings (SSSR count). The molecule has 1 aromatic carbocycles. The van der Waals surface area contributed by atoms with Crippen LogP contribution in [0.4, 0.5) is 5.69 Å². The molecule has 3 heteroatoms. The van der Waals surface area contributed by atoms with Crippen LogP contribution in [0.15, 0.2) is 48.8 Å². The molecule has 18 heavy (non-hydrogen) atoms. The minimum absolute atomic E-state index is 0.671. The molecular weight excluding hydrogens is 224 g/mol. The monoisotopic (exact) mass is 242 g/mol. The molecular formula is C15H18N2O. The number of hydrogen-bond acceptors (Lipinski definition) is 3. The standard InChI is InChI=1S/C15H18N2O/c1-2-18-12-14-6-4-3-5-13(14)11-17-15-7-9-16-10-8-15/h3-10H,2,11-12H2,1H3,(H,16,17). The van der Waals surface area contributed by atoms with E-state index in [0.29, 0.717) is 6.61 Å². The van der Waals surface area contributed by atoms with Gasteiger partial charge in [-0.05, 0) is 30.2 Å². The Labute approximate surface area is 108 Å². The van der Waals surface area contributed by atoms with Crippen molar-refractivity contribution >= 4 is 5.69 Å². The number of benzene rings is 1. The van der Waals surface area contributed by atoms with Crippen molar-refractivity contribution in [1.29, 1.82) is 0 Å². The summed E-state index contributed by atoms with van der Waals surface area (Å²) in [4.78, 5) is 4.00. The van der Waals surface area contributed by atoms with E-state index >= 15 is 0 Å². The summed E-state index contributed by atoms with van der Waals surface area (Å²) in [5.74, 6) is 0. The zero-order valence-electron chi connectivity index (χ0n) is 10.6. The second-order valence-electron chi connectivity index (χ2n) is 4.00. The number of pyridine rings is 1. The van der Waals surface area contributed by atoms with Crippen LogP contribution in [0.1, 0.15) is 18.1 Å². The van der Waals surface area contributed by atoms with Crippen molar-refractivity contribution in [2.75, 3.05) is 11.9 Å². The smallest absolute Gasteiger partial charge is 0.0720 e. The van der Waals surface area contributed by atoms with Gasteiger partial charge in [0.1, 0.15) is 0 Å². The summed E-state index contributed by atoms with van der Waals surface area (Å²) in [5.41, 5.74) is 3.58. The van der Waals surface area contributed by atoms with Gasteiger partial charge in [-0.3, -0.25) is 4.98 Å². The molecule has 0 bridgehead atoms. The molecule has 0 aliphatic rings. The molecule has 0 radical (unpaired) electrons. The molecule has 0 atom stereocenters. The molecule has 1 N–H and O–H groups in total. The van der Waals surface area contributed by atoms with E-state index in [-0.39, 0.29) is 0 Å². The van der Waals surface area contributed by atoms with Gasteiger partial charge in [0, 0.05) is 31.2 Å². The summed E-state index contributed by atoms with van der Waals surface area (Å²) in [6, 6.07) is 12.3. The van der Waals surface area contributed by atoms with Gasteiger partial charge < -0.3 is 10.1 Å². The maximum atomic E-state index is 5.47. The lowest BCUT2D eigenvalue weighted by Gasteiger charge is -2.11. The summed E-state index contributed by atoms with van der Waals surface area (Å²) >= 11 is 0. The molecule has 0 spiro atoms. The fraction of sp³-hybridized carbons (Fsp3) is 0.267. The Hall–Kier alpha value is -1.87.